The fourth-order valence-corrected chi connectivity index (χ4v) is 4.32. The number of aromatic hydroxyl groups is 1. The standard InChI is InChI=1S/C22H24N2O3.ClH/c23-22(13-17-3-1-2-4-18(17)14-22)21(27)24-11-9-16(10-12-24)20(26)15-5-7-19(25)8-6-15;/h1-8,16,25H,9-14,23H2;1H. The van der Waals surface area contributed by atoms with Crippen molar-refractivity contribution in [3.05, 3.63) is 65.2 Å². The first kappa shape index (κ1) is 20.4. The van der Waals surface area contributed by atoms with E-state index in [1.165, 1.54) is 12.1 Å². The molecule has 1 amide bonds. The number of Topliss-reactive ketones (excluding diaryl/α,β-unsaturated/α-hetero) is 1. The zero-order valence-electron chi connectivity index (χ0n) is 15.6. The van der Waals surface area contributed by atoms with E-state index in [2.05, 4.69) is 0 Å². The number of fused-ring (bicyclic) bond motifs is 1. The van der Waals surface area contributed by atoms with E-state index in [1.807, 2.05) is 29.2 Å². The van der Waals surface area contributed by atoms with Crippen LogP contribution in [-0.4, -0.2) is 40.3 Å². The summed E-state index contributed by atoms with van der Waals surface area (Å²) >= 11 is 0. The average molecular weight is 401 g/mol. The summed E-state index contributed by atoms with van der Waals surface area (Å²) in [4.78, 5) is 27.5. The van der Waals surface area contributed by atoms with Crippen LogP contribution in [0.15, 0.2) is 48.5 Å². The zero-order chi connectivity index (χ0) is 19.0. The summed E-state index contributed by atoms with van der Waals surface area (Å²) in [7, 11) is 0. The van der Waals surface area contributed by atoms with Crippen molar-refractivity contribution in [3.8, 4) is 5.75 Å². The quantitative estimate of drug-likeness (QED) is 0.776. The molecule has 6 heteroatoms. The highest BCUT2D eigenvalue weighted by Crippen LogP contribution is 2.31. The topological polar surface area (TPSA) is 83.6 Å². The molecule has 2 aromatic carbocycles. The van der Waals surface area contributed by atoms with E-state index >= 15 is 0 Å². The molecule has 0 bridgehead atoms. The Labute approximate surface area is 170 Å². The smallest absolute Gasteiger partial charge is 0.243 e. The van der Waals surface area contributed by atoms with Crippen molar-refractivity contribution in [2.75, 3.05) is 13.1 Å². The minimum atomic E-state index is -0.864. The Morgan fingerprint density at radius 1 is 0.964 bits per heavy atom. The number of nitrogens with zero attached hydrogens (tertiary/aromatic N) is 1. The lowest BCUT2D eigenvalue weighted by molar-refractivity contribution is -0.138. The van der Waals surface area contributed by atoms with E-state index in [1.54, 1.807) is 12.1 Å². The maximum atomic E-state index is 13.1. The third-order valence-corrected chi connectivity index (χ3v) is 5.86. The van der Waals surface area contributed by atoms with Gasteiger partial charge in [-0.25, -0.2) is 0 Å². The van der Waals surface area contributed by atoms with E-state index in [0.717, 1.165) is 11.1 Å². The predicted octanol–water partition coefficient (Wildman–Crippen LogP) is 2.73. The zero-order valence-corrected chi connectivity index (χ0v) is 16.5. The summed E-state index contributed by atoms with van der Waals surface area (Å²) in [5, 5.41) is 9.37. The first-order valence-electron chi connectivity index (χ1n) is 9.44. The van der Waals surface area contributed by atoms with Gasteiger partial charge in [-0.2, -0.15) is 0 Å². The van der Waals surface area contributed by atoms with E-state index in [0.29, 0.717) is 44.3 Å². The van der Waals surface area contributed by atoms with Crippen LogP contribution in [0, 0.1) is 5.92 Å². The summed E-state index contributed by atoms with van der Waals surface area (Å²) in [6.07, 6.45) is 2.45. The number of carbonyl (C=O) groups excluding carboxylic acids is 2. The van der Waals surface area contributed by atoms with Gasteiger partial charge < -0.3 is 15.7 Å². The van der Waals surface area contributed by atoms with Crippen molar-refractivity contribution in [3.63, 3.8) is 0 Å². The Bertz CT molecular complexity index is 849. The lowest BCUT2D eigenvalue weighted by Gasteiger charge is -2.36. The number of carbonyl (C=O) groups is 2. The van der Waals surface area contributed by atoms with Crippen molar-refractivity contribution in [1.29, 1.82) is 0 Å². The fraction of sp³-hybridized carbons (Fsp3) is 0.364. The first-order chi connectivity index (χ1) is 13.0. The molecule has 0 radical (unpaired) electrons. The molecule has 1 fully saturated rings. The fourth-order valence-electron chi connectivity index (χ4n) is 4.32. The second-order valence-corrected chi connectivity index (χ2v) is 7.76. The summed E-state index contributed by atoms with van der Waals surface area (Å²) in [6.45, 7) is 1.12. The molecule has 0 spiro atoms. The van der Waals surface area contributed by atoms with Crippen molar-refractivity contribution in [2.45, 2.75) is 31.2 Å². The van der Waals surface area contributed by atoms with Gasteiger partial charge in [0.05, 0.1) is 0 Å². The summed E-state index contributed by atoms with van der Waals surface area (Å²) < 4.78 is 0. The Morgan fingerprint density at radius 3 is 2.04 bits per heavy atom. The average Bonchev–Trinajstić information content (AvgIpc) is 3.05. The monoisotopic (exact) mass is 400 g/mol. The molecule has 1 saturated heterocycles. The van der Waals surface area contributed by atoms with Gasteiger partial charge >= 0.3 is 0 Å². The van der Waals surface area contributed by atoms with Gasteiger partial charge in [-0.1, -0.05) is 24.3 Å². The number of ketones is 1. The molecular weight excluding hydrogens is 376 g/mol. The molecule has 0 aromatic heterocycles. The van der Waals surface area contributed by atoms with Crippen LogP contribution in [0.4, 0.5) is 0 Å². The van der Waals surface area contributed by atoms with Crippen molar-refractivity contribution < 1.29 is 14.7 Å². The van der Waals surface area contributed by atoms with Crippen LogP contribution >= 0.6 is 12.4 Å². The highest BCUT2D eigenvalue weighted by atomic mass is 35.5. The first-order valence-corrected chi connectivity index (χ1v) is 9.44. The molecule has 5 nitrogen and oxygen atoms in total. The van der Waals surface area contributed by atoms with Crippen LogP contribution in [0.5, 0.6) is 5.75 Å². The minimum Gasteiger partial charge on any atom is -0.508 e. The molecule has 0 saturated carbocycles. The van der Waals surface area contributed by atoms with Crippen LogP contribution in [0.2, 0.25) is 0 Å². The van der Waals surface area contributed by atoms with Crippen LogP contribution in [-0.2, 0) is 17.6 Å². The summed E-state index contributed by atoms with van der Waals surface area (Å²) in [5.74, 6) is 0.137. The molecule has 3 N–H and O–H groups in total. The minimum absolute atomic E-state index is 0. The van der Waals surface area contributed by atoms with Crippen LogP contribution in [0.3, 0.4) is 0 Å². The summed E-state index contributed by atoms with van der Waals surface area (Å²) in [5.41, 5.74) is 8.56. The maximum Gasteiger partial charge on any atom is 0.243 e. The lowest BCUT2D eigenvalue weighted by atomic mass is 9.87. The van der Waals surface area contributed by atoms with Gasteiger partial charge in [-0.15, -0.1) is 12.4 Å². The van der Waals surface area contributed by atoms with E-state index in [4.69, 9.17) is 5.73 Å². The Morgan fingerprint density at radius 2 is 1.50 bits per heavy atom. The number of nitrogens with two attached hydrogens (primary N) is 1. The third kappa shape index (κ3) is 3.77. The highest BCUT2D eigenvalue weighted by molar-refractivity contribution is 5.98. The number of likely N-dealkylation sites (tertiary alicyclic amines) is 1. The number of rotatable bonds is 3. The van der Waals surface area contributed by atoms with Crippen molar-refractivity contribution >= 4 is 24.1 Å². The number of piperidine rings is 1. The van der Waals surface area contributed by atoms with Crippen molar-refractivity contribution in [1.82, 2.24) is 4.90 Å². The molecule has 1 aliphatic carbocycles. The van der Waals surface area contributed by atoms with Gasteiger partial charge in [0.1, 0.15) is 11.3 Å². The van der Waals surface area contributed by atoms with E-state index in [-0.39, 0.29) is 35.8 Å². The second kappa shape index (κ2) is 7.94. The SMILES string of the molecule is Cl.NC1(C(=O)N2CCC(C(=O)c3ccc(O)cc3)CC2)Cc2ccccc2C1. The van der Waals surface area contributed by atoms with Gasteiger partial charge in [-0.3, -0.25) is 9.59 Å². The van der Waals surface area contributed by atoms with E-state index in [9.17, 15) is 14.7 Å². The van der Waals surface area contributed by atoms with Gasteiger partial charge in [-0.05, 0) is 61.1 Å². The molecule has 4 rings (SSSR count). The maximum absolute atomic E-state index is 13.1. The molecule has 2 aromatic rings. The number of amides is 1. The van der Waals surface area contributed by atoms with Gasteiger partial charge in [0.15, 0.2) is 5.78 Å². The highest BCUT2D eigenvalue weighted by Gasteiger charge is 2.43. The number of hydrogen-bond acceptors (Lipinski definition) is 4. The third-order valence-electron chi connectivity index (χ3n) is 5.86. The van der Waals surface area contributed by atoms with Crippen molar-refractivity contribution in [2.24, 2.45) is 11.7 Å². The molecule has 2 aliphatic rings. The Balaban J connectivity index is 0.00000225. The Hall–Kier alpha value is -2.37. The van der Waals surface area contributed by atoms with Gasteiger partial charge in [0, 0.05) is 24.6 Å². The second-order valence-electron chi connectivity index (χ2n) is 7.76. The number of phenols is 1. The van der Waals surface area contributed by atoms with Crippen LogP contribution in [0.25, 0.3) is 0 Å². The molecular formula is C22H25ClN2O3. The predicted molar refractivity (Wildman–Crippen MR) is 110 cm³/mol. The van der Waals surface area contributed by atoms with Crippen LogP contribution < -0.4 is 5.73 Å². The molecule has 0 atom stereocenters. The number of benzene rings is 2. The Kier molecular flexibility index (Phi) is 5.77. The molecule has 28 heavy (non-hydrogen) atoms. The largest absolute Gasteiger partial charge is 0.508 e. The number of hydrogen-bond donors (Lipinski definition) is 2. The van der Waals surface area contributed by atoms with Crippen LogP contribution in [0.1, 0.15) is 34.3 Å². The molecule has 148 valence electrons. The number of phenolic OH excluding ortho intramolecular Hbond substituents is 1. The lowest BCUT2D eigenvalue weighted by Crippen LogP contribution is -2.57. The number of halogens is 1. The van der Waals surface area contributed by atoms with E-state index < -0.39 is 5.54 Å². The molecule has 1 heterocycles. The van der Waals surface area contributed by atoms with Gasteiger partial charge in [0.2, 0.25) is 5.91 Å². The molecule has 1 aliphatic heterocycles. The molecule has 0 unspecified atom stereocenters. The van der Waals surface area contributed by atoms with Gasteiger partial charge in [0.25, 0.3) is 0 Å². The normalized spacial score (nSPS) is 18.2. The summed E-state index contributed by atoms with van der Waals surface area (Å²) in [6, 6.07) is 14.4.